The zero-order chi connectivity index (χ0) is 25.8. The highest BCUT2D eigenvalue weighted by molar-refractivity contribution is 5.67. The van der Waals surface area contributed by atoms with E-state index in [0.29, 0.717) is 25.7 Å². The van der Waals surface area contributed by atoms with Crippen molar-refractivity contribution >= 4 is 5.57 Å². The predicted molar refractivity (Wildman–Crippen MR) is 129 cm³/mol. The molecule has 4 rings (SSSR count). The summed E-state index contributed by atoms with van der Waals surface area (Å²) in [5.74, 6) is -4.68. The molecule has 0 bridgehead atoms. The van der Waals surface area contributed by atoms with Gasteiger partial charge in [0.25, 0.3) is 0 Å². The first-order valence-electron chi connectivity index (χ1n) is 12.0. The first-order valence-corrected chi connectivity index (χ1v) is 12.0. The van der Waals surface area contributed by atoms with E-state index in [-0.39, 0.29) is 52.9 Å². The Morgan fingerprint density at radius 1 is 0.806 bits per heavy atom. The fourth-order valence-electron chi connectivity index (χ4n) is 4.25. The van der Waals surface area contributed by atoms with E-state index in [1.807, 2.05) is 13.0 Å². The van der Waals surface area contributed by atoms with Gasteiger partial charge in [-0.1, -0.05) is 31.2 Å². The van der Waals surface area contributed by atoms with E-state index in [1.54, 1.807) is 12.1 Å². The second-order valence-corrected chi connectivity index (χ2v) is 8.97. The highest BCUT2D eigenvalue weighted by atomic mass is 19.2. The van der Waals surface area contributed by atoms with Crippen molar-refractivity contribution in [3.05, 3.63) is 88.8 Å². The molecule has 0 radical (unpaired) electrons. The predicted octanol–water partition coefficient (Wildman–Crippen LogP) is 8.41. The van der Waals surface area contributed by atoms with Crippen molar-refractivity contribution < 1.29 is 31.4 Å². The third-order valence-corrected chi connectivity index (χ3v) is 6.37. The van der Waals surface area contributed by atoms with Crippen molar-refractivity contribution in [1.82, 2.24) is 0 Å². The zero-order valence-corrected chi connectivity index (χ0v) is 20.1. The average Bonchev–Trinajstić information content (AvgIpc) is 2.88. The summed E-state index contributed by atoms with van der Waals surface area (Å²) in [6.07, 6.45) is 4.34. The van der Waals surface area contributed by atoms with E-state index >= 15 is 0 Å². The fraction of sp³-hybridized carbons (Fsp3) is 0.310. The van der Waals surface area contributed by atoms with E-state index in [2.05, 4.69) is 0 Å². The van der Waals surface area contributed by atoms with Crippen molar-refractivity contribution in [2.45, 2.75) is 39.5 Å². The highest BCUT2D eigenvalue weighted by Gasteiger charge is 2.21. The van der Waals surface area contributed by atoms with Gasteiger partial charge in [0.1, 0.15) is 0 Å². The molecule has 0 N–H and O–H groups in total. The van der Waals surface area contributed by atoms with Crippen molar-refractivity contribution in [3.8, 4) is 22.6 Å². The Balaban J connectivity index is 1.40. The normalized spacial score (nSPS) is 15.5. The van der Waals surface area contributed by atoms with Gasteiger partial charge in [0.15, 0.2) is 34.8 Å². The van der Waals surface area contributed by atoms with Crippen molar-refractivity contribution in [2.75, 3.05) is 13.2 Å². The maximum absolute atomic E-state index is 14.7. The average molecular weight is 503 g/mol. The smallest absolute Gasteiger partial charge is 0.201 e. The van der Waals surface area contributed by atoms with Gasteiger partial charge in [0.05, 0.1) is 13.2 Å². The fourth-order valence-corrected chi connectivity index (χ4v) is 4.25. The van der Waals surface area contributed by atoms with Gasteiger partial charge >= 0.3 is 0 Å². The molecule has 0 saturated carbocycles. The standard InChI is InChI=1S/C29H27F5O2/c1-3-14-35-25-13-11-22(28(33)29(25)34)20-9-12-24(23(30)15-20)36-16-18-5-7-19(8-6-18)21-10-4-17(2)26(31)27(21)32/h4,7,9-13,15,18H,3,5-6,8,14,16H2,1-2H3. The number of hydrogen-bond donors (Lipinski definition) is 0. The summed E-state index contributed by atoms with van der Waals surface area (Å²) >= 11 is 0. The molecule has 3 aromatic carbocycles. The SMILES string of the molecule is CCCOc1ccc(-c2ccc(OCC3CC=C(c4ccc(C)c(F)c4F)CC3)c(F)c2)c(F)c1F. The van der Waals surface area contributed by atoms with Crippen molar-refractivity contribution in [2.24, 2.45) is 5.92 Å². The summed E-state index contributed by atoms with van der Waals surface area (Å²) in [4.78, 5) is 0. The van der Waals surface area contributed by atoms with Crippen LogP contribution in [0, 0.1) is 41.9 Å². The maximum Gasteiger partial charge on any atom is 0.201 e. The first kappa shape index (κ1) is 25.7. The molecule has 1 atom stereocenters. The molecular weight excluding hydrogens is 475 g/mol. The van der Waals surface area contributed by atoms with Crippen LogP contribution in [0.5, 0.6) is 11.5 Å². The monoisotopic (exact) mass is 502 g/mol. The number of benzene rings is 3. The van der Waals surface area contributed by atoms with Gasteiger partial charge in [-0.3, -0.25) is 0 Å². The lowest BCUT2D eigenvalue weighted by Crippen LogP contribution is -2.15. The maximum atomic E-state index is 14.7. The van der Waals surface area contributed by atoms with Crippen LogP contribution >= 0.6 is 0 Å². The third kappa shape index (κ3) is 5.40. The molecule has 0 fully saturated rings. The number of ether oxygens (including phenoxy) is 2. The largest absolute Gasteiger partial charge is 0.490 e. The molecule has 0 heterocycles. The Hall–Kier alpha value is -3.35. The minimum atomic E-state index is -1.11. The van der Waals surface area contributed by atoms with Gasteiger partial charge in [-0.2, -0.15) is 4.39 Å². The van der Waals surface area contributed by atoms with Crippen LogP contribution in [0.25, 0.3) is 16.7 Å². The molecule has 0 spiro atoms. The quantitative estimate of drug-likeness (QED) is 0.288. The minimum Gasteiger partial charge on any atom is -0.490 e. The van der Waals surface area contributed by atoms with Crippen LogP contribution in [-0.4, -0.2) is 13.2 Å². The Bertz CT molecular complexity index is 1290. The highest BCUT2D eigenvalue weighted by Crippen LogP contribution is 2.35. The van der Waals surface area contributed by atoms with E-state index in [4.69, 9.17) is 9.47 Å². The zero-order valence-electron chi connectivity index (χ0n) is 20.1. The lowest BCUT2D eigenvalue weighted by atomic mass is 9.86. The first-order chi connectivity index (χ1) is 17.3. The molecule has 3 aromatic rings. The molecule has 190 valence electrons. The third-order valence-electron chi connectivity index (χ3n) is 6.37. The molecule has 1 aliphatic rings. The van der Waals surface area contributed by atoms with Crippen LogP contribution in [0.15, 0.2) is 48.5 Å². The van der Waals surface area contributed by atoms with Crippen LogP contribution in [0.1, 0.15) is 43.7 Å². The van der Waals surface area contributed by atoms with E-state index in [1.165, 1.54) is 31.2 Å². The Labute approximate surface area is 207 Å². The molecular formula is C29H27F5O2. The van der Waals surface area contributed by atoms with E-state index < -0.39 is 29.1 Å². The number of aryl methyl sites for hydroxylation is 1. The molecule has 2 nitrogen and oxygen atoms in total. The molecule has 36 heavy (non-hydrogen) atoms. The van der Waals surface area contributed by atoms with Crippen LogP contribution in [-0.2, 0) is 0 Å². The van der Waals surface area contributed by atoms with E-state index in [9.17, 15) is 22.0 Å². The van der Waals surface area contributed by atoms with Crippen LogP contribution < -0.4 is 9.47 Å². The Morgan fingerprint density at radius 2 is 1.53 bits per heavy atom. The summed E-state index contributed by atoms with van der Waals surface area (Å²) in [5, 5.41) is 0. The number of hydrogen-bond acceptors (Lipinski definition) is 2. The lowest BCUT2D eigenvalue weighted by molar-refractivity contribution is 0.231. The van der Waals surface area contributed by atoms with Crippen LogP contribution in [0.2, 0.25) is 0 Å². The van der Waals surface area contributed by atoms with Gasteiger partial charge < -0.3 is 9.47 Å². The second-order valence-electron chi connectivity index (χ2n) is 8.97. The molecule has 0 aromatic heterocycles. The molecule has 0 amide bonds. The number of rotatable bonds is 8. The lowest BCUT2D eigenvalue weighted by Gasteiger charge is -2.23. The number of allylic oxidation sites excluding steroid dienone is 2. The van der Waals surface area contributed by atoms with Gasteiger partial charge in [-0.05, 0) is 79.5 Å². The molecule has 1 unspecified atom stereocenters. The molecule has 0 aliphatic heterocycles. The van der Waals surface area contributed by atoms with Crippen LogP contribution in [0.4, 0.5) is 22.0 Å². The second kappa shape index (κ2) is 11.1. The van der Waals surface area contributed by atoms with Gasteiger partial charge in [0.2, 0.25) is 5.82 Å². The van der Waals surface area contributed by atoms with Crippen molar-refractivity contribution in [3.63, 3.8) is 0 Å². The number of halogens is 5. The summed E-state index contributed by atoms with van der Waals surface area (Å²) in [6, 6.07) is 9.79. The summed E-state index contributed by atoms with van der Waals surface area (Å²) in [6.45, 7) is 3.86. The minimum absolute atomic E-state index is 0.00366. The topological polar surface area (TPSA) is 18.5 Å². The summed E-state index contributed by atoms with van der Waals surface area (Å²) in [5.41, 5.74) is 1.38. The van der Waals surface area contributed by atoms with Crippen LogP contribution in [0.3, 0.4) is 0 Å². The van der Waals surface area contributed by atoms with Gasteiger partial charge in [-0.15, -0.1) is 0 Å². The molecule has 7 heteroatoms. The molecule has 0 saturated heterocycles. The Kier molecular flexibility index (Phi) is 7.97. The van der Waals surface area contributed by atoms with Gasteiger partial charge in [0, 0.05) is 11.1 Å². The molecule has 1 aliphatic carbocycles. The summed E-state index contributed by atoms with van der Waals surface area (Å²) in [7, 11) is 0. The Morgan fingerprint density at radius 3 is 2.22 bits per heavy atom. The van der Waals surface area contributed by atoms with E-state index in [0.717, 1.165) is 11.6 Å². The van der Waals surface area contributed by atoms with Crippen molar-refractivity contribution in [1.29, 1.82) is 0 Å². The van der Waals surface area contributed by atoms with Gasteiger partial charge in [-0.25, -0.2) is 17.6 Å². The summed E-state index contributed by atoms with van der Waals surface area (Å²) < 4.78 is 82.6.